The molecule has 2 heterocycles. The lowest BCUT2D eigenvalue weighted by Gasteiger charge is -2.35. The third-order valence-electron chi connectivity index (χ3n) is 3.78. The summed E-state index contributed by atoms with van der Waals surface area (Å²) in [5.41, 5.74) is -0.0291. The maximum Gasteiger partial charge on any atom is 0.179 e. The molecule has 91 valence electrons. The molecule has 0 amide bonds. The van der Waals surface area contributed by atoms with Gasteiger partial charge in [-0.3, -0.25) is 4.99 Å². The smallest absolute Gasteiger partial charge is 0.179 e. The van der Waals surface area contributed by atoms with Gasteiger partial charge in [0.25, 0.3) is 0 Å². The Balaban J connectivity index is 2.49. The maximum absolute atomic E-state index is 12.3. The highest BCUT2D eigenvalue weighted by Gasteiger charge is 2.50. The van der Waals surface area contributed by atoms with Crippen molar-refractivity contribution in [2.24, 2.45) is 12.0 Å². The van der Waals surface area contributed by atoms with Crippen molar-refractivity contribution in [3.63, 3.8) is 0 Å². The molecule has 1 aliphatic heterocycles. The van der Waals surface area contributed by atoms with E-state index in [2.05, 4.69) is 4.99 Å². The Kier molecular flexibility index (Phi) is 2.51. The average Bonchev–Trinajstić information content (AvgIpc) is 2.39. The van der Waals surface area contributed by atoms with Gasteiger partial charge in [-0.1, -0.05) is 5.21 Å². The highest BCUT2D eigenvalue weighted by Crippen LogP contribution is 2.37. The lowest BCUT2D eigenvalue weighted by molar-refractivity contribution is -0.671. The minimum absolute atomic E-state index is 0.376. The molecule has 1 aromatic heterocycles. The molecule has 4 nitrogen and oxygen atoms in total. The molecule has 17 heavy (non-hydrogen) atoms. The van der Waals surface area contributed by atoms with Crippen LogP contribution >= 0.6 is 0 Å². The van der Waals surface area contributed by atoms with Gasteiger partial charge in [-0.2, -0.15) is 5.06 Å². The zero-order valence-electron chi connectivity index (χ0n) is 11.1. The second-order valence-corrected chi connectivity index (χ2v) is 5.61. The van der Waals surface area contributed by atoms with Gasteiger partial charge in [0.05, 0.1) is 16.6 Å². The van der Waals surface area contributed by atoms with E-state index in [-0.39, 0.29) is 5.54 Å². The van der Waals surface area contributed by atoms with Gasteiger partial charge < -0.3 is 0 Å². The lowest BCUT2D eigenvalue weighted by Crippen LogP contribution is -2.50. The number of aromatic nitrogens is 1. The van der Waals surface area contributed by atoms with Crippen molar-refractivity contribution in [2.75, 3.05) is 0 Å². The van der Waals surface area contributed by atoms with Crippen molar-refractivity contribution in [1.29, 1.82) is 0 Å². The van der Waals surface area contributed by atoms with Crippen LogP contribution in [-0.4, -0.2) is 22.0 Å². The standard InChI is InChI=1S/C13H19N3O/c1-12(2)13(3,4)16(17)11(14-12)10-7-6-8-15(5)9-10/h6-9H,1-5H3/q+1. The summed E-state index contributed by atoms with van der Waals surface area (Å²) in [6.45, 7) is 7.85. The Morgan fingerprint density at radius 2 is 1.94 bits per heavy atom. The fourth-order valence-electron chi connectivity index (χ4n) is 1.86. The second-order valence-electron chi connectivity index (χ2n) is 5.61. The molecule has 1 aliphatic rings. The molecule has 0 saturated carbocycles. The van der Waals surface area contributed by atoms with Gasteiger partial charge in [0.2, 0.25) is 0 Å². The third kappa shape index (κ3) is 1.72. The molecule has 0 atom stereocenters. The minimum Gasteiger partial charge on any atom is -0.257 e. The van der Waals surface area contributed by atoms with Crippen LogP contribution in [0.1, 0.15) is 33.3 Å². The van der Waals surface area contributed by atoms with E-state index in [1.54, 1.807) is 0 Å². The minimum atomic E-state index is -0.517. The van der Waals surface area contributed by atoms with E-state index < -0.39 is 5.54 Å². The second kappa shape index (κ2) is 3.53. The third-order valence-corrected chi connectivity index (χ3v) is 3.78. The fourth-order valence-corrected chi connectivity index (χ4v) is 1.86. The number of amidine groups is 1. The van der Waals surface area contributed by atoms with E-state index in [4.69, 9.17) is 0 Å². The number of hydroxylamine groups is 2. The van der Waals surface area contributed by atoms with Crippen molar-refractivity contribution in [3.05, 3.63) is 30.1 Å². The van der Waals surface area contributed by atoms with Crippen LogP contribution in [0.15, 0.2) is 29.5 Å². The number of nitrogens with zero attached hydrogens (tertiary/aromatic N) is 3. The van der Waals surface area contributed by atoms with Gasteiger partial charge in [-0.05, 0) is 33.8 Å². The maximum atomic E-state index is 12.3. The van der Waals surface area contributed by atoms with Gasteiger partial charge in [-0.15, -0.1) is 0 Å². The first-order valence-electron chi connectivity index (χ1n) is 5.78. The highest BCUT2D eigenvalue weighted by atomic mass is 16.5. The quantitative estimate of drug-likeness (QED) is 0.677. The summed E-state index contributed by atoms with van der Waals surface area (Å²) in [6.07, 6.45) is 3.85. The summed E-state index contributed by atoms with van der Waals surface area (Å²) in [4.78, 5) is 4.58. The first-order valence-corrected chi connectivity index (χ1v) is 5.78. The van der Waals surface area contributed by atoms with E-state index in [0.29, 0.717) is 5.84 Å². The van der Waals surface area contributed by atoms with Crippen LogP contribution in [0.25, 0.3) is 0 Å². The Morgan fingerprint density at radius 1 is 1.29 bits per heavy atom. The van der Waals surface area contributed by atoms with Crippen LogP contribution in [0, 0.1) is 0 Å². The van der Waals surface area contributed by atoms with E-state index >= 15 is 0 Å². The van der Waals surface area contributed by atoms with Gasteiger partial charge in [0.1, 0.15) is 7.05 Å². The van der Waals surface area contributed by atoms with E-state index in [1.807, 2.05) is 63.8 Å². The molecule has 0 spiro atoms. The molecule has 0 N–H and O–H groups in total. The Morgan fingerprint density at radius 3 is 2.41 bits per heavy atom. The van der Waals surface area contributed by atoms with Crippen molar-refractivity contribution in [2.45, 2.75) is 38.8 Å². The monoisotopic (exact) mass is 233 g/mol. The normalized spacial score (nSPS) is 21.5. The largest absolute Gasteiger partial charge is 0.257 e. The highest BCUT2D eigenvalue weighted by molar-refractivity contribution is 5.99. The van der Waals surface area contributed by atoms with E-state index in [0.717, 1.165) is 10.6 Å². The summed E-state index contributed by atoms with van der Waals surface area (Å²) >= 11 is 0. The first-order chi connectivity index (χ1) is 7.75. The molecule has 1 aromatic rings. The lowest BCUT2D eigenvalue weighted by atomic mass is 9.84. The van der Waals surface area contributed by atoms with Crippen molar-refractivity contribution < 1.29 is 9.77 Å². The molecule has 1 radical (unpaired) electrons. The number of pyridine rings is 1. The number of rotatable bonds is 1. The molecule has 0 fully saturated rings. The van der Waals surface area contributed by atoms with E-state index in [9.17, 15) is 5.21 Å². The Bertz CT molecular complexity index is 477. The van der Waals surface area contributed by atoms with Crippen LogP contribution in [0.3, 0.4) is 0 Å². The molecule has 0 aromatic carbocycles. The summed E-state index contributed by atoms with van der Waals surface area (Å²) < 4.78 is 1.92. The molecule has 4 heteroatoms. The number of hydrogen-bond acceptors (Lipinski definition) is 2. The van der Waals surface area contributed by atoms with Gasteiger partial charge >= 0.3 is 0 Å². The van der Waals surface area contributed by atoms with Gasteiger partial charge in [-0.25, -0.2) is 4.57 Å². The summed E-state index contributed by atoms with van der Waals surface area (Å²) in [5.74, 6) is 0.524. The Labute approximate surface area is 102 Å². The van der Waals surface area contributed by atoms with Gasteiger partial charge in [0.15, 0.2) is 18.2 Å². The predicted octanol–water partition coefficient (Wildman–Crippen LogP) is 1.48. The first kappa shape index (κ1) is 12.0. The van der Waals surface area contributed by atoms with E-state index in [1.165, 1.54) is 0 Å². The molecular formula is C13H19N3O+. The molecule has 0 saturated heterocycles. The molecule has 0 aliphatic carbocycles. The SMILES string of the molecule is C[n+]1cccc(C2=NC(C)(C)C(C)(C)N2[O])c1. The zero-order chi connectivity index (χ0) is 12.8. The van der Waals surface area contributed by atoms with Crippen LogP contribution in [0.5, 0.6) is 0 Å². The van der Waals surface area contributed by atoms with Crippen LogP contribution in [0.4, 0.5) is 0 Å². The molecule has 2 rings (SSSR count). The van der Waals surface area contributed by atoms with Crippen LogP contribution in [0.2, 0.25) is 0 Å². The van der Waals surface area contributed by atoms with Crippen molar-refractivity contribution in [3.8, 4) is 0 Å². The molecule has 0 bridgehead atoms. The van der Waals surface area contributed by atoms with Crippen molar-refractivity contribution >= 4 is 5.84 Å². The fraction of sp³-hybridized carbons (Fsp3) is 0.538. The van der Waals surface area contributed by atoms with Crippen LogP contribution in [-0.2, 0) is 12.3 Å². The predicted molar refractivity (Wildman–Crippen MR) is 64.8 cm³/mol. The van der Waals surface area contributed by atoms with Gasteiger partial charge in [0, 0.05) is 6.07 Å². The number of aryl methyl sites for hydroxylation is 1. The number of aliphatic imine (C=N–C) groups is 1. The summed E-state index contributed by atoms with van der Waals surface area (Å²) in [7, 11) is 1.93. The zero-order valence-corrected chi connectivity index (χ0v) is 11.1. The Hall–Kier alpha value is -1.42. The van der Waals surface area contributed by atoms with Crippen LogP contribution < -0.4 is 4.57 Å². The topological polar surface area (TPSA) is 39.4 Å². The molecule has 0 unspecified atom stereocenters. The van der Waals surface area contributed by atoms with Crippen molar-refractivity contribution in [1.82, 2.24) is 5.06 Å². The number of hydrogen-bond donors (Lipinski definition) is 0. The summed E-state index contributed by atoms with van der Waals surface area (Å²) in [6, 6.07) is 3.84. The molecular weight excluding hydrogens is 214 g/mol. The summed E-state index contributed by atoms with van der Waals surface area (Å²) in [5, 5.41) is 13.4. The average molecular weight is 233 g/mol.